The topological polar surface area (TPSA) is 76.7 Å². The highest BCUT2D eigenvalue weighted by Gasteiger charge is 2.14. The lowest BCUT2D eigenvalue weighted by Gasteiger charge is -2.05. The molecule has 24 heavy (non-hydrogen) atoms. The fourth-order valence-corrected chi connectivity index (χ4v) is 3.49. The third-order valence-electron chi connectivity index (χ3n) is 3.87. The molecule has 3 rings (SSSR count). The number of methoxy groups -OCH3 is 1. The zero-order valence-electron chi connectivity index (χ0n) is 13.8. The fourth-order valence-electron chi connectivity index (χ4n) is 2.42. The van der Waals surface area contributed by atoms with Crippen molar-refractivity contribution < 1.29 is 9.84 Å². The number of nitrogens with zero attached hydrogens (tertiary/aromatic N) is 3. The summed E-state index contributed by atoms with van der Waals surface area (Å²) in [6.07, 6.45) is 1.54. The Morgan fingerprint density at radius 3 is 2.79 bits per heavy atom. The Labute approximate surface area is 142 Å². The third-order valence-corrected chi connectivity index (χ3v) is 4.97. The van der Waals surface area contributed by atoms with Crippen molar-refractivity contribution in [1.29, 1.82) is 0 Å². The zero-order chi connectivity index (χ0) is 17.4. The molecule has 0 radical (unpaired) electrons. The summed E-state index contributed by atoms with van der Waals surface area (Å²) >= 11 is 1.52. The number of ether oxygens (including phenoxy) is 1. The van der Waals surface area contributed by atoms with Gasteiger partial charge in [-0.1, -0.05) is 0 Å². The Balaban J connectivity index is 2.10. The smallest absolute Gasteiger partial charge is 0.283 e. The first-order chi connectivity index (χ1) is 11.4. The predicted molar refractivity (Wildman–Crippen MR) is 95.7 cm³/mol. The maximum absolute atomic E-state index is 12.7. The number of thiophene rings is 1. The van der Waals surface area contributed by atoms with Crippen LogP contribution in [0.3, 0.4) is 0 Å². The van der Waals surface area contributed by atoms with E-state index in [-0.39, 0.29) is 11.3 Å². The van der Waals surface area contributed by atoms with Crippen LogP contribution in [0.1, 0.15) is 21.8 Å². The highest BCUT2D eigenvalue weighted by molar-refractivity contribution is 7.18. The van der Waals surface area contributed by atoms with Crippen molar-refractivity contribution in [2.75, 3.05) is 7.11 Å². The molecule has 0 saturated carbocycles. The number of benzene rings is 1. The van der Waals surface area contributed by atoms with Gasteiger partial charge in [-0.3, -0.25) is 4.79 Å². The van der Waals surface area contributed by atoms with E-state index in [1.54, 1.807) is 25.3 Å². The minimum Gasteiger partial charge on any atom is -0.504 e. The Morgan fingerprint density at radius 2 is 2.08 bits per heavy atom. The Hall–Kier alpha value is -2.67. The summed E-state index contributed by atoms with van der Waals surface area (Å²) in [6, 6.07) is 4.85. The van der Waals surface area contributed by atoms with E-state index in [9.17, 15) is 9.90 Å². The van der Waals surface area contributed by atoms with Crippen molar-refractivity contribution in [3.8, 4) is 11.5 Å². The van der Waals surface area contributed by atoms with Crippen LogP contribution in [0, 0.1) is 20.8 Å². The molecule has 2 heterocycles. The van der Waals surface area contributed by atoms with Gasteiger partial charge in [-0.15, -0.1) is 11.3 Å². The first-order valence-electron chi connectivity index (χ1n) is 7.33. The van der Waals surface area contributed by atoms with Gasteiger partial charge in [0.2, 0.25) is 0 Å². The second kappa shape index (κ2) is 6.09. The minimum atomic E-state index is -0.179. The lowest BCUT2D eigenvalue weighted by atomic mass is 10.2. The van der Waals surface area contributed by atoms with Crippen LogP contribution in [0.5, 0.6) is 11.5 Å². The molecule has 0 amide bonds. The highest BCUT2D eigenvalue weighted by atomic mass is 32.1. The van der Waals surface area contributed by atoms with Crippen LogP contribution < -0.4 is 10.3 Å². The van der Waals surface area contributed by atoms with Gasteiger partial charge in [-0.2, -0.15) is 9.78 Å². The van der Waals surface area contributed by atoms with Gasteiger partial charge < -0.3 is 9.84 Å². The molecule has 0 bridgehead atoms. The monoisotopic (exact) mass is 343 g/mol. The van der Waals surface area contributed by atoms with E-state index in [0.717, 1.165) is 15.3 Å². The summed E-state index contributed by atoms with van der Waals surface area (Å²) in [5.41, 5.74) is 1.47. The molecule has 1 aromatic carbocycles. The minimum absolute atomic E-state index is 0.0513. The molecule has 124 valence electrons. The van der Waals surface area contributed by atoms with Crippen molar-refractivity contribution in [3.05, 3.63) is 50.4 Å². The summed E-state index contributed by atoms with van der Waals surface area (Å²) in [5.74, 6) is 0.923. The average molecular weight is 343 g/mol. The quantitative estimate of drug-likeness (QED) is 0.742. The number of rotatable bonds is 3. The number of fused-ring (bicyclic) bond motifs is 1. The molecule has 6 nitrogen and oxygen atoms in total. The number of hydrogen-bond donors (Lipinski definition) is 1. The van der Waals surface area contributed by atoms with Crippen molar-refractivity contribution in [2.24, 2.45) is 5.10 Å². The van der Waals surface area contributed by atoms with Gasteiger partial charge in [0.1, 0.15) is 10.7 Å². The largest absolute Gasteiger partial charge is 0.504 e. The number of hydrogen-bond acceptors (Lipinski definition) is 6. The first-order valence-corrected chi connectivity index (χ1v) is 8.14. The van der Waals surface area contributed by atoms with Gasteiger partial charge in [0.05, 0.1) is 18.7 Å². The van der Waals surface area contributed by atoms with Crippen molar-refractivity contribution >= 4 is 27.8 Å². The molecular formula is C17H17N3O3S. The van der Waals surface area contributed by atoms with E-state index in [4.69, 9.17) is 4.74 Å². The molecule has 1 N–H and O–H groups in total. The number of aryl methyl sites for hydroxylation is 3. The van der Waals surface area contributed by atoms with Crippen LogP contribution in [0.4, 0.5) is 0 Å². The molecule has 0 spiro atoms. The summed E-state index contributed by atoms with van der Waals surface area (Å²) in [6.45, 7) is 5.65. The molecule has 0 aliphatic carbocycles. The fraction of sp³-hybridized carbons (Fsp3) is 0.235. The zero-order valence-corrected chi connectivity index (χ0v) is 14.6. The maximum Gasteiger partial charge on any atom is 0.283 e. The second-order valence-electron chi connectivity index (χ2n) is 5.42. The summed E-state index contributed by atoms with van der Waals surface area (Å²) in [7, 11) is 1.48. The molecule has 0 aliphatic heterocycles. The van der Waals surface area contributed by atoms with Crippen LogP contribution in [-0.4, -0.2) is 28.1 Å². The van der Waals surface area contributed by atoms with Gasteiger partial charge in [-0.05, 0) is 50.1 Å². The standard InChI is InChI=1S/C17H17N3O3S/c1-9-10(2)24-16-15(9)17(22)20(11(3)19-16)18-8-12-5-6-13(21)14(7-12)23-4/h5-8,21H,1-4H3/b18-8+. The van der Waals surface area contributed by atoms with E-state index < -0.39 is 0 Å². The van der Waals surface area contributed by atoms with E-state index in [1.165, 1.54) is 29.2 Å². The normalized spacial score (nSPS) is 11.5. The summed E-state index contributed by atoms with van der Waals surface area (Å²) in [5, 5.41) is 14.5. The Kier molecular flexibility index (Phi) is 4.11. The molecule has 0 unspecified atom stereocenters. The van der Waals surface area contributed by atoms with E-state index in [0.29, 0.717) is 22.5 Å². The average Bonchev–Trinajstić information content (AvgIpc) is 2.83. The lowest BCUT2D eigenvalue weighted by molar-refractivity contribution is 0.373. The van der Waals surface area contributed by atoms with Crippen LogP contribution in [0.15, 0.2) is 28.1 Å². The third kappa shape index (κ3) is 2.67. The SMILES string of the molecule is COc1cc(/C=N/n2c(C)nc3sc(C)c(C)c3c2=O)ccc1O. The van der Waals surface area contributed by atoms with Gasteiger partial charge >= 0.3 is 0 Å². The summed E-state index contributed by atoms with van der Waals surface area (Å²) < 4.78 is 6.36. The Bertz CT molecular complexity index is 1020. The maximum atomic E-state index is 12.7. The lowest BCUT2D eigenvalue weighted by Crippen LogP contribution is -2.20. The van der Waals surface area contributed by atoms with E-state index in [1.807, 2.05) is 13.8 Å². The molecule has 0 fully saturated rings. The molecule has 0 atom stereocenters. The van der Waals surface area contributed by atoms with Gasteiger partial charge in [0, 0.05) is 4.88 Å². The van der Waals surface area contributed by atoms with Crippen molar-refractivity contribution in [3.63, 3.8) is 0 Å². The first kappa shape index (κ1) is 16.2. The predicted octanol–water partition coefficient (Wildman–Crippen LogP) is 2.98. The molecule has 7 heteroatoms. The molecule has 0 aliphatic rings. The Morgan fingerprint density at radius 1 is 1.33 bits per heavy atom. The van der Waals surface area contributed by atoms with E-state index >= 15 is 0 Å². The molecule has 3 aromatic rings. The highest BCUT2D eigenvalue weighted by Crippen LogP contribution is 2.27. The van der Waals surface area contributed by atoms with Crippen molar-refractivity contribution in [2.45, 2.75) is 20.8 Å². The van der Waals surface area contributed by atoms with Crippen LogP contribution in [0.25, 0.3) is 10.2 Å². The number of aromatic nitrogens is 2. The van der Waals surface area contributed by atoms with E-state index in [2.05, 4.69) is 10.1 Å². The summed E-state index contributed by atoms with van der Waals surface area (Å²) in [4.78, 5) is 19.0. The van der Waals surface area contributed by atoms with Crippen LogP contribution in [0.2, 0.25) is 0 Å². The van der Waals surface area contributed by atoms with Crippen molar-refractivity contribution in [1.82, 2.24) is 9.66 Å². The number of phenolic OH excluding ortho intramolecular Hbond substituents is 1. The molecular weight excluding hydrogens is 326 g/mol. The number of aromatic hydroxyl groups is 1. The molecule has 2 aromatic heterocycles. The molecule has 0 saturated heterocycles. The van der Waals surface area contributed by atoms with Crippen LogP contribution >= 0.6 is 11.3 Å². The number of phenols is 1. The van der Waals surface area contributed by atoms with Gasteiger partial charge in [0.15, 0.2) is 11.5 Å². The van der Waals surface area contributed by atoms with Gasteiger partial charge in [0.25, 0.3) is 5.56 Å². The van der Waals surface area contributed by atoms with Gasteiger partial charge in [-0.25, -0.2) is 4.98 Å². The second-order valence-corrected chi connectivity index (χ2v) is 6.62. The van der Waals surface area contributed by atoms with Crippen LogP contribution in [-0.2, 0) is 0 Å².